The second-order valence-electron chi connectivity index (χ2n) is 38.5. The molecule has 0 radical (unpaired) electrons. The number of carboxylic acids is 1. The molecule has 0 bridgehead atoms. The molecule has 0 unspecified atom stereocenters. The molecular formula is C99H156N22O23S3. The molecule has 147 heavy (non-hydrogen) atoms. The largest absolute Gasteiger partial charge is 0.508 e. The number of aliphatic carboxylic acids is 1. The smallest absolute Gasteiger partial charge is 0.326 e. The van der Waals surface area contributed by atoms with Crippen molar-refractivity contribution in [2.24, 2.45) is 52.5 Å². The lowest BCUT2D eigenvalue weighted by atomic mass is 9.99. The van der Waals surface area contributed by atoms with Crippen LogP contribution < -0.4 is 113 Å². The first kappa shape index (κ1) is 127. The molecule has 48 heteroatoms. The van der Waals surface area contributed by atoms with E-state index in [9.17, 15) is 97.1 Å². The van der Waals surface area contributed by atoms with E-state index in [2.05, 4.69) is 108 Å². The van der Waals surface area contributed by atoms with E-state index in [1.807, 2.05) is 6.26 Å². The Morgan fingerprint density at radius 2 is 0.769 bits per heavy atom. The molecule has 0 aliphatic heterocycles. The summed E-state index contributed by atoms with van der Waals surface area (Å²) in [5.41, 5.74) is 25.6. The predicted octanol–water partition coefficient (Wildman–Crippen LogP) is -2.01. The van der Waals surface area contributed by atoms with Gasteiger partial charge < -0.3 is 139 Å². The number of phenolic OH excluding ortho intramolecular Hbond substituents is 1. The van der Waals surface area contributed by atoms with Gasteiger partial charge in [0.25, 0.3) is 0 Å². The van der Waals surface area contributed by atoms with Crippen LogP contribution in [0.5, 0.6) is 5.75 Å². The van der Waals surface area contributed by atoms with E-state index in [-0.39, 0.29) is 113 Å². The molecule has 0 aliphatic rings. The van der Waals surface area contributed by atoms with Gasteiger partial charge in [-0.15, -0.1) is 0 Å². The molecule has 1 heterocycles. The number of carbonyl (C=O) groups is 19. The minimum Gasteiger partial charge on any atom is -0.508 e. The average Bonchev–Trinajstić information content (AvgIpc) is 1.69. The number of aliphatic hydroxyl groups is 2. The molecule has 818 valence electrons. The molecule has 18 atom stereocenters. The number of nitrogens with one attached hydrogen (secondary N) is 18. The molecule has 0 spiro atoms. The standard InChI is InChI=1S/C99H156N22O23S3/c1-52(2)40-69(112-95(139)77(50-122)118-96(140)78(51-145)119-90(134)72(43-55(7)8)117-97(141)81(56(9)10)121-83(127)57(11)106-84(128)64(102)34-38-146-13)87(131)107-66(28-20-22-36-100)85(129)105-49-80(126)120-82(58(12)123)98(142)108-67(29-21-23-37-101)86(130)110-70(41-53(3)4)89(133)116-76(47-79(103)125)94(138)111-71(42-54(5)6)88(132)113-74(45-60-30-32-62(124)33-31-60)92(136)115-75(46-61-48-104-65-27-19-18-26-63(61)65)93(137)114-73(44-59-24-16-15-17-25-59)91(135)109-68(99(143)144)35-39-147-14/h15-19,24-27,30-33,48,52-58,64,66-78,81-82,104,122-124,145H,20-23,28-29,34-47,49-51,100-102H2,1-14H3,(H2,103,125)(H,105,129)(H,106,128)(H,107,131)(H,108,142)(H,109,135)(H,110,130)(H,111,138)(H,112,139)(H,113,132)(H,114,137)(H,115,136)(H,116,133)(H,117,141)(H,118,140)(H,119,134)(H,120,126)(H,121,127)(H,143,144)/t57-,58+,64-,66-,67-,68-,69-,70-,71-,72-,73-,74-,75-,76-,77-,78-,81-,82-/m0/s1. The van der Waals surface area contributed by atoms with Crippen molar-refractivity contribution < 1.29 is 112 Å². The van der Waals surface area contributed by atoms with Gasteiger partial charge >= 0.3 is 5.97 Å². The van der Waals surface area contributed by atoms with Crippen LogP contribution in [0.1, 0.15) is 183 Å². The number of aromatic hydroxyl groups is 1. The Balaban J connectivity index is 1.55. The van der Waals surface area contributed by atoms with Crippen LogP contribution in [-0.4, -0.2) is 303 Å². The Labute approximate surface area is 872 Å². The van der Waals surface area contributed by atoms with Gasteiger partial charge in [-0.05, 0) is 192 Å². The summed E-state index contributed by atoms with van der Waals surface area (Å²) in [5, 5.41) is 86.4. The molecule has 3 aromatic carbocycles. The highest BCUT2D eigenvalue weighted by atomic mass is 32.2. The van der Waals surface area contributed by atoms with Crippen molar-refractivity contribution >= 4 is 159 Å². The number of benzene rings is 3. The Morgan fingerprint density at radius 1 is 0.388 bits per heavy atom. The number of rotatable bonds is 69. The zero-order valence-electron chi connectivity index (χ0n) is 86.2. The number of hydrogen-bond donors (Lipinski definition) is 27. The van der Waals surface area contributed by atoms with Crippen molar-refractivity contribution in [2.75, 3.05) is 56.0 Å². The number of thiol groups is 1. The normalized spacial score (nSPS) is 15.1. The van der Waals surface area contributed by atoms with Gasteiger partial charge in [-0.25, -0.2) is 4.79 Å². The molecule has 0 aliphatic carbocycles. The number of fused-ring (bicyclic) bond motifs is 1. The van der Waals surface area contributed by atoms with E-state index in [4.69, 9.17) is 22.9 Å². The summed E-state index contributed by atoms with van der Waals surface area (Å²) < 4.78 is 0. The van der Waals surface area contributed by atoms with Gasteiger partial charge in [0.05, 0.1) is 31.7 Å². The maximum absolute atomic E-state index is 15.2. The van der Waals surface area contributed by atoms with Crippen LogP contribution in [0.15, 0.2) is 85.1 Å². The summed E-state index contributed by atoms with van der Waals surface area (Å²) in [6.07, 6.45) is 2.87. The zero-order chi connectivity index (χ0) is 110. The van der Waals surface area contributed by atoms with E-state index in [0.29, 0.717) is 58.4 Å². The number of para-hydroxylation sites is 1. The van der Waals surface area contributed by atoms with E-state index in [0.717, 1.165) is 6.92 Å². The monoisotopic (exact) mass is 2120 g/mol. The first-order valence-corrected chi connectivity index (χ1v) is 52.9. The summed E-state index contributed by atoms with van der Waals surface area (Å²) >= 11 is 7.12. The minimum atomic E-state index is -1.87. The number of phenols is 1. The van der Waals surface area contributed by atoms with Crippen LogP contribution in [0.25, 0.3) is 10.9 Å². The number of aromatic amines is 1. The zero-order valence-corrected chi connectivity index (χ0v) is 88.8. The lowest BCUT2D eigenvalue weighted by molar-refractivity contribution is -0.142. The summed E-state index contributed by atoms with van der Waals surface area (Å²) in [4.78, 5) is 271. The molecule has 45 nitrogen and oxygen atoms in total. The number of carboxylic acid groups (broad SMARTS) is 1. The number of nitrogens with two attached hydrogens (primary N) is 4. The molecule has 0 saturated heterocycles. The molecule has 4 aromatic rings. The summed E-state index contributed by atoms with van der Waals surface area (Å²) in [6, 6.07) is -3.64. The van der Waals surface area contributed by atoms with Gasteiger partial charge in [0, 0.05) is 42.1 Å². The number of aromatic nitrogens is 1. The van der Waals surface area contributed by atoms with E-state index in [1.165, 1.54) is 54.7 Å². The lowest BCUT2D eigenvalue weighted by Gasteiger charge is -2.29. The highest BCUT2D eigenvalue weighted by molar-refractivity contribution is 7.98. The van der Waals surface area contributed by atoms with Crippen LogP contribution in [0.4, 0.5) is 0 Å². The summed E-state index contributed by atoms with van der Waals surface area (Å²) in [5.74, 6) is -19.8. The number of unbranched alkanes of at least 4 members (excludes halogenated alkanes) is 2. The van der Waals surface area contributed by atoms with Crippen molar-refractivity contribution in [1.82, 2.24) is 95.4 Å². The van der Waals surface area contributed by atoms with Crippen LogP contribution in [0.2, 0.25) is 0 Å². The Morgan fingerprint density at radius 3 is 1.22 bits per heavy atom. The van der Waals surface area contributed by atoms with Crippen molar-refractivity contribution in [2.45, 2.75) is 295 Å². The number of H-pyrrole nitrogens is 1. The van der Waals surface area contributed by atoms with E-state index < -0.39 is 258 Å². The van der Waals surface area contributed by atoms with Gasteiger partial charge in [0.15, 0.2) is 0 Å². The third kappa shape index (κ3) is 46.0. The Hall–Kier alpha value is -12.2. The SMILES string of the molecule is CSCC[C@H](NC(=O)[C@H](Cc1ccccc1)NC(=O)[C@H](Cc1c[nH]c2ccccc12)NC(=O)[C@H](Cc1ccc(O)cc1)NC(=O)[C@H](CC(C)C)NC(=O)[C@H](CC(N)=O)NC(=O)[C@H](CC(C)C)NC(=O)[C@H](CCCCN)NC(=O)[C@@H](NC(=O)CNC(=O)[C@H](CCCCN)NC(=O)[C@H](CC(C)C)NC(=O)[C@H](CO)NC(=O)[C@H](CS)NC(=O)[C@H](CC(C)C)NC(=O)[C@@H](NC(=O)[C@H](C)NC(=O)[C@@H](N)CCSC)C(C)C)[C@@H](C)O)C(=O)O. The molecule has 30 N–H and O–H groups in total. The Kier molecular flexibility index (Phi) is 57.2. The third-order valence-electron chi connectivity index (χ3n) is 23.5. The van der Waals surface area contributed by atoms with Crippen molar-refractivity contribution in [3.8, 4) is 5.75 Å². The summed E-state index contributed by atoms with van der Waals surface area (Å²) in [6.45, 7) is 17.9. The fourth-order valence-electron chi connectivity index (χ4n) is 15.5. The number of primary amides is 1. The Bertz CT molecular complexity index is 4980. The first-order chi connectivity index (χ1) is 69.5. The van der Waals surface area contributed by atoms with Crippen LogP contribution in [0.3, 0.4) is 0 Å². The first-order valence-electron chi connectivity index (χ1n) is 49.5. The third-order valence-corrected chi connectivity index (χ3v) is 25.2. The van der Waals surface area contributed by atoms with Gasteiger partial charge in [0.1, 0.15) is 102 Å². The fraction of sp³-hybridized carbons (Fsp3) is 0.606. The molecule has 1 aromatic heterocycles. The molecule has 0 saturated carbocycles. The van der Waals surface area contributed by atoms with Crippen molar-refractivity contribution in [3.63, 3.8) is 0 Å². The molecule has 18 amide bonds. The molecular weight excluding hydrogens is 1960 g/mol. The second-order valence-corrected chi connectivity index (χ2v) is 40.9. The minimum absolute atomic E-state index is 0.0360. The maximum Gasteiger partial charge on any atom is 0.326 e. The van der Waals surface area contributed by atoms with Crippen molar-refractivity contribution in [3.05, 3.63) is 102 Å². The number of aliphatic hydroxyl groups excluding tert-OH is 2. The molecule has 0 fully saturated rings. The average molecular weight is 2120 g/mol. The van der Waals surface area contributed by atoms with Gasteiger partial charge in [-0.2, -0.15) is 36.2 Å². The lowest BCUT2D eigenvalue weighted by Crippen LogP contribution is -2.62. The number of hydrogen-bond acceptors (Lipinski definition) is 28. The highest BCUT2D eigenvalue weighted by Crippen LogP contribution is 2.23. The maximum atomic E-state index is 15.2. The quantitative estimate of drug-likeness (QED) is 0.0168. The fourth-order valence-corrected chi connectivity index (χ4v) is 16.7. The number of carbonyl (C=O) groups excluding carboxylic acids is 18. The van der Waals surface area contributed by atoms with E-state index in [1.54, 1.807) is 136 Å². The van der Waals surface area contributed by atoms with Gasteiger partial charge in [0.2, 0.25) is 106 Å². The highest BCUT2D eigenvalue weighted by Gasteiger charge is 2.41. The van der Waals surface area contributed by atoms with Gasteiger partial charge in [-0.1, -0.05) is 130 Å². The number of thioether (sulfide) groups is 2. The number of amides is 18. The van der Waals surface area contributed by atoms with Crippen LogP contribution in [0, 0.1) is 29.6 Å². The summed E-state index contributed by atoms with van der Waals surface area (Å²) in [7, 11) is 0. The topological polar surface area (TPSA) is 730 Å². The van der Waals surface area contributed by atoms with Crippen LogP contribution in [-0.2, 0) is 110 Å². The van der Waals surface area contributed by atoms with Gasteiger partial charge in [-0.3, -0.25) is 86.3 Å². The molecule has 4 rings (SSSR count). The van der Waals surface area contributed by atoms with E-state index >= 15 is 14.4 Å². The van der Waals surface area contributed by atoms with Crippen molar-refractivity contribution in [1.29, 1.82) is 0 Å². The second kappa shape index (κ2) is 66.2. The van der Waals surface area contributed by atoms with Crippen LogP contribution >= 0.6 is 36.2 Å². The predicted molar refractivity (Wildman–Crippen MR) is 560 cm³/mol.